The summed E-state index contributed by atoms with van der Waals surface area (Å²) < 4.78 is 1.81. The predicted octanol–water partition coefficient (Wildman–Crippen LogP) is 2.01. The molecule has 0 aromatic carbocycles. The molecule has 0 saturated heterocycles. The van der Waals surface area contributed by atoms with E-state index >= 15 is 0 Å². The molecule has 1 aromatic rings. The van der Waals surface area contributed by atoms with Crippen molar-refractivity contribution < 1.29 is 0 Å². The predicted molar refractivity (Wildman–Crippen MR) is 53.8 cm³/mol. The van der Waals surface area contributed by atoms with Gasteiger partial charge in [-0.05, 0) is 12.8 Å². The number of halogens is 1. The summed E-state index contributed by atoms with van der Waals surface area (Å²) >= 11 is 6.06. The number of alkyl halides is 1. The van der Waals surface area contributed by atoms with E-state index in [0.717, 1.165) is 18.7 Å². The van der Waals surface area contributed by atoms with Crippen LogP contribution in [-0.2, 0) is 13.5 Å². The number of hydrogen-bond acceptors (Lipinski definition) is 2. The van der Waals surface area contributed by atoms with E-state index < -0.39 is 0 Å². The average molecular weight is 202 g/mol. The Morgan fingerprint density at radius 1 is 1.62 bits per heavy atom. The molecule has 1 heterocycles. The Hall–Kier alpha value is -0.570. The number of rotatable bonds is 4. The molecule has 2 unspecified atom stereocenters. The smallest absolute Gasteiger partial charge is 0.138 e. The second-order valence-corrected chi connectivity index (χ2v) is 4.04. The molecule has 4 heteroatoms. The molecule has 0 radical (unpaired) electrons. The summed E-state index contributed by atoms with van der Waals surface area (Å²) in [5.41, 5.74) is 0. The summed E-state index contributed by atoms with van der Waals surface area (Å²) in [5, 5.41) is 4.22. The molecule has 0 aliphatic carbocycles. The van der Waals surface area contributed by atoms with E-state index in [-0.39, 0.29) is 5.38 Å². The molecule has 2 atom stereocenters. The molecule has 3 nitrogen and oxygen atoms in total. The van der Waals surface area contributed by atoms with Gasteiger partial charge in [-0.2, -0.15) is 5.10 Å². The van der Waals surface area contributed by atoms with Crippen molar-refractivity contribution in [2.45, 2.75) is 32.1 Å². The van der Waals surface area contributed by atoms with Gasteiger partial charge in [-0.15, -0.1) is 11.6 Å². The monoisotopic (exact) mass is 201 g/mol. The summed E-state index contributed by atoms with van der Waals surface area (Å²) in [7, 11) is 1.91. The minimum absolute atomic E-state index is 0.196. The Morgan fingerprint density at radius 2 is 2.31 bits per heavy atom. The molecule has 1 rings (SSSR count). The van der Waals surface area contributed by atoms with Crippen molar-refractivity contribution in [2.24, 2.45) is 13.0 Å². The number of nitrogens with zero attached hydrogens (tertiary/aromatic N) is 3. The van der Waals surface area contributed by atoms with Crippen LogP contribution >= 0.6 is 11.6 Å². The largest absolute Gasteiger partial charge is 0.253 e. The molecule has 0 spiro atoms. The van der Waals surface area contributed by atoms with Gasteiger partial charge in [-0.25, -0.2) is 4.98 Å². The second-order valence-electron chi connectivity index (χ2n) is 3.35. The van der Waals surface area contributed by atoms with Crippen LogP contribution in [0, 0.1) is 5.92 Å². The van der Waals surface area contributed by atoms with Crippen molar-refractivity contribution in [3.8, 4) is 0 Å². The summed E-state index contributed by atoms with van der Waals surface area (Å²) in [6, 6.07) is 0. The van der Waals surface area contributed by atoms with Gasteiger partial charge >= 0.3 is 0 Å². The van der Waals surface area contributed by atoms with Gasteiger partial charge in [0.2, 0.25) is 0 Å². The van der Waals surface area contributed by atoms with Crippen LogP contribution in [0.5, 0.6) is 0 Å². The molecule has 0 amide bonds. The van der Waals surface area contributed by atoms with E-state index in [1.807, 2.05) is 18.7 Å². The first kappa shape index (κ1) is 10.5. The van der Waals surface area contributed by atoms with Gasteiger partial charge in [-0.1, -0.05) is 13.3 Å². The van der Waals surface area contributed by atoms with Gasteiger partial charge in [0.15, 0.2) is 0 Å². The van der Waals surface area contributed by atoms with Crippen molar-refractivity contribution in [3.05, 3.63) is 12.2 Å². The lowest BCUT2D eigenvalue weighted by Gasteiger charge is -2.15. The quantitative estimate of drug-likeness (QED) is 0.698. The van der Waals surface area contributed by atoms with Crippen molar-refractivity contribution in [3.63, 3.8) is 0 Å². The fraction of sp³-hybridized carbons (Fsp3) is 0.778. The van der Waals surface area contributed by atoms with E-state index in [4.69, 9.17) is 11.6 Å². The molecule has 13 heavy (non-hydrogen) atoms. The van der Waals surface area contributed by atoms with Gasteiger partial charge in [-0.3, -0.25) is 4.68 Å². The number of hydrogen-bond donors (Lipinski definition) is 0. The van der Waals surface area contributed by atoms with Gasteiger partial charge in [0, 0.05) is 18.8 Å². The first-order valence-electron chi connectivity index (χ1n) is 4.62. The topological polar surface area (TPSA) is 30.7 Å². The van der Waals surface area contributed by atoms with Crippen LogP contribution in [0.3, 0.4) is 0 Å². The van der Waals surface area contributed by atoms with Gasteiger partial charge in [0.1, 0.15) is 12.2 Å². The third-order valence-electron chi connectivity index (χ3n) is 2.42. The molecule has 0 aliphatic rings. The normalized spacial score (nSPS) is 15.7. The summed E-state index contributed by atoms with van der Waals surface area (Å²) in [6.45, 7) is 4.19. The van der Waals surface area contributed by atoms with E-state index in [2.05, 4.69) is 17.0 Å². The van der Waals surface area contributed by atoms with E-state index in [1.165, 1.54) is 0 Å². The molecule has 0 bridgehead atoms. The number of aryl methyl sites for hydroxylation is 1. The lowest BCUT2D eigenvalue weighted by Crippen LogP contribution is -2.16. The molecule has 1 aromatic heterocycles. The fourth-order valence-corrected chi connectivity index (χ4v) is 1.64. The molecule has 0 fully saturated rings. The second kappa shape index (κ2) is 4.61. The fourth-order valence-electron chi connectivity index (χ4n) is 1.37. The standard InChI is InChI=1S/C9H16ClN3/c1-4-8(7(2)10)5-9-11-6-12-13(9)3/h6-8H,4-5H2,1-3H3. The zero-order valence-electron chi connectivity index (χ0n) is 8.37. The zero-order chi connectivity index (χ0) is 9.84. The Bertz CT molecular complexity index is 257. The van der Waals surface area contributed by atoms with E-state index in [1.54, 1.807) is 6.33 Å². The van der Waals surface area contributed by atoms with Gasteiger partial charge in [0.25, 0.3) is 0 Å². The Balaban J connectivity index is 2.62. The van der Waals surface area contributed by atoms with Gasteiger partial charge < -0.3 is 0 Å². The Morgan fingerprint density at radius 3 is 2.69 bits per heavy atom. The highest BCUT2D eigenvalue weighted by Crippen LogP contribution is 2.18. The van der Waals surface area contributed by atoms with Crippen LogP contribution in [-0.4, -0.2) is 20.1 Å². The van der Waals surface area contributed by atoms with Gasteiger partial charge in [0.05, 0.1) is 0 Å². The Kier molecular flexibility index (Phi) is 3.72. The summed E-state index contributed by atoms with van der Waals surface area (Å²) in [4.78, 5) is 4.18. The first-order chi connectivity index (χ1) is 6.15. The van der Waals surface area contributed by atoms with Crippen molar-refractivity contribution in [1.82, 2.24) is 14.8 Å². The van der Waals surface area contributed by atoms with Crippen molar-refractivity contribution >= 4 is 11.6 Å². The molecule has 74 valence electrons. The third-order valence-corrected chi connectivity index (χ3v) is 2.78. The average Bonchev–Trinajstić information content (AvgIpc) is 2.46. The van der Waals surface area contributed by atoms with Crippen molar-refractivity contribution in [2.75, 3.05) is 0 Å². The van der Waals surface area contributed by atoms with Crippen LogP contribution in [0.4, 0.5) is 0 Å². The van der Waals surface area contributed by atoms with Crippen LogP contribution in [0.25, 0.3) is 0 Å². The highest BCUT2D eigenvalue weighted by molar-refractivity contribution is 6.20. The number of aromatic nitrogens is 3. The SMILES string of the molecule is CCC(Cc1ncnn1C)C(C)Cl. The summed E-state index contributed by atoms with van der Waals surface area (Å²) in [6.07, 6.45) is 3.58. The van der Waals surface area contributed by atoms with Crippen LogP contribution in [0.2, 0.25) is 0 Å². The van der Waals surface area contributed by atoms with E-state index in [9.17, 15) is 0 Å². The van der Waals surface area contributed by atoms with Crippen LogP contribution in [0.15, 0.2) is 6.33 Å². The summed E-state index contributed by atoms with van der Waals surface area (Å²) in [5.74, 6) is 1.50. The van der Waals surface area contributed by atoms with Crippen molar-refractivity contribution in [1.29, 1.82) is 0 Å². The van der Waals surface area contributed by atoms with Crippen LogP contribution < -0.4 is 0 Å². The lowest BCUT2D eigenvalue weighted by atomic mass is 9.99. The lowest BCUT2D eigenvalue weighted by molar-refractivity contribution is 0.473. The highest BCUT2D eigenvalue weighted by Gasteiger charge is 2.15. The molecule has 0 saturated carbocycles. The molecule has 0 N–H and O–H groups in total. The van der Waals surface area contributed by atoms with Crippen LogP contribution in [0.1, 0.15) is 26.1 Å². The maximum absolute atomic E-state index is 6.06. The first-order valence-corrected chi connectivity index (χ1v) is 5.05. The molecule has 0 aliphatic heterocycles. The maximum Gasteiger partial charge on any atom is 0.138 e. The maximum atomic E-state index is 6.06. The van der Waals surface area contributed by atoms with E-state index in [0.29, 0.717) is 5.92 Å². The molecular formula is C9H16ClN3. The third kappa shape index (κ3) is 2.69. The molecular weight excluding hydrogens is 186 g/mol. The minimum Gasteiger partial charge on any atom is -0.253 e. The minimum atomic E-state index is 0.196. The Labute approximate surface area is 84.1 Å². The zero-order valence-corrected chi connectivity index (χ0v) is 9.12. The highest BCUT2D eigenvalue weighted by atomic mass is 35.5.